The third-order valence-electron chi connectivity index (χ3n) is 5.08. The van der Waals surface area contributed by atoms with Crippen molar-refractivity contribution in [3.8, 4) is 23.3 Å². The van der Waals surface area contributed by atoms with Crippen molar-refractivity contribution in [1.29, 1.82) is 5.26 Å². The molecule has 0 atom stereocenters. The molecule has 6 nitrogen and oxygen atoms in total. The largest absolute Gasteiger partial charge is 0.497 e. The van der Waals surface area contributed by atoms with Crippen LogP contribution in [-0.2, 0) is 6.54 Å². The molecule has 0 radical (unpaired) electrons. The van der Waals surface area contributed by atoms with Gasteiger partial charge in [-0.3, -0.25) is 4.79 Å². The van der Waals surface area contributed by atoms with Crippen molar-refractivity contribution in [1.82, 2.24) is 4.57 Å². The van der Waals surface area contributed by atoms with E-state index in [-0.39, 0.29) is 18.1 Å². The third kappa shape index (κ3) is 3.11. The van der Waals surface area contributed by atoms with Gasteiger partial charge in [-0.25, -0.2) is 0 Å². The van der Waals surface area contributed by atoms with Gasteiger partial charge in [0.05, 0.1) is 12.7 Å². The summed E-state index contributed by atoms with van der Waals surface area (Å²) in [6.07, 6.45) is 3.77. The van der Waals surface area contributed by atoms with E-state index < -0.39 is 0 Å². The first-order valence-electron chi connectivity index (χ1n) is 9.31. The smallest absolute Gasteiger partial charge is 0.231 e. The van der Waals surface area contributed by atoms with Gasteiger partial charge in [-0.05, 0) is 50.3 Å². The number of hydrogen-bond donors (Lipinski definition) is 0. The Morgan fingerprint density at radius 3 is 2.83 bits per heavy atom. The van der Waals surface area contributed by atoms with Gasteiger partial charge in [0.2, 0.25) is 5.78 Å². The molecular weight excluding hydrogens is 368 g/mol. The molecular formula is C23H20N2O4. The number of nitrogens with zero attached hydrogens (tertiary/aromatic N) is 2. The Morgan fingerprint density at radius 2 is 2.10 bits per heavy atom. The van der Waals surface area contributed by atoms with E-state index >= 15 is 0 Å². The lowest BCUT2D eigenvalue weighted by atomic mass is 10.1. The zero-order chi connectivity index (χ0) is 20.5. The van der Waals surface area contributed by atoms with Crippen LogP contribution in [-0.4, -0.2) is 24.1 Å². The molecule has 1 aliphatic rings. The Balaban J connectivity index is 1.77. The lowest BCUT2D eigenvalue weighted by Gasteiger charge is -2.08. The zero-order valence-electron chi connectivity index (χ0n) is 16.5. The molecule has 0 fully saturated rings. The highest BCUT2D eigenvalue weighted by atomic mass is 16.5. The number of ketones is 1. The average Bonchev–Trinajstić information content (AvgIpc) is 3.25. The van der Waals surface area contributed by atoms with Crippen LogP contribution >= 0.6 is 0 Å². The van der Waals surface area contributed by atoms with E-state index in [1.54, 1.807) is 25.3 Å². The summed E-state index contributed by atoms with van der Waals surface area (Å²) in [7, 11) is 1.63. The molecule has 0 aliphatic carbocycles. The molecule has 4 rings (SSSR count). The number of carbonyl (C=O) groups is 1. The lowest BCUT2D eigenvalue weighted by molar-refractivity contribution is 0.101. The van der Waals surface area contributed by atoms with Gasteiger partial charge in [0.25, 0.3) is 0 Å². The van der Waals surface area contributed by atoms with Crippen molar-refractivity contribution < 1.29 is 19.0 Å². The highest BCUT2D eigenvalue weighted by Gasteiger charge is 2.30. The number of hydrogen-bond acceptors (Lipinski definition) is 5. The summed E-state index contributed by atoms with van der Waals surface area (Å²) in [5, 5.41) is 9.71. The van der Waals surface area contributed by atoms with E-state index in [0.717, 1.165) is 28.8 Å². The number of fused-ring (bicyclic) bond motifs is 2. The van der Waals surface area contributed by atoms with Gasteiger partial charge in [0.15, 0.2) is 12.4 Å². The fraction of sp³-hybridized carbons (Fsp3) is 0.217. The van der Waals surface area contributed by atoms with Crippen molar-refractivity contribution in [2.75, 3.05) is 13.7 Å². The Bertz CT molecular complexity index is 1200. The van der Waals surface area contributed by atoms with Crippen LogP contribution in [0.3, 0.4) is 0 Å². The van der Waals surface area contributed by atoms with Crippen LogP contribution in [0.25, 0.3) is 17.0 Å². The van der Waals surface area contributed by atoms with Crippen LogP contribution in [0.15, 0.2) is 42.3 Å². The first-order valence-corrected chi connectivity index (χ1v) is 9.31. The van der Waals surface area contributed by atoms with Crippen LogP contribution < -0.4 is 14.2 Å². The second-order valence-corrected chi connectivity index (χ2v) is 6.71. The van der Waals surface area contributed by atoms with Gasteiger partial charge in [-0.15, -0.1) is 0 Å². The topological polar surface area (TPSA) is 73.5 Å². The summed E-state index contributed by atoms with van der Waals surface area (Å²) < 4.78 is 18.8. The molecule has 0 unspecified atom stereocenters. The third-order valence-corrected chi connectivity index (χ3v) is 5.08. The average molecular weight is 388 g/mol. The summed E-state index contributed by atoms with van der Waals surface area (Å²) in [6, 6.07) is 11.2. The summed E-state index contributed by atoms with van der Waals surface area (Å²) in [5.41, 5.74) is 3.14. The molecule has 0 saturated carbocycles. The standard InChI is InChI=1S/C23H20N2O4/c1-4-25-13-15(18-12-16(27-3)5-7-19(18)25)11-21-22(26)17-6-8-20(28-10-9-24)14(2)23(17)29-21/h5-8,11-13H,4,10H2,1-3H3/b21-11-. The van der Waals surface area contributed by atoms with Crippen molar-refractivity contribution in [2.24, 2.45) is 0 Å². The molecule has 6 heteroatoms. The molecule has 0 N–H and O–H groups in total. The van der Waals surface area contributed by atoms with E-state index in [0.29, 0.717) is 22.6 Å². The van der Waals surface area contributed by atoms with Gasteiger partial charge in [-0.1, -0.05) is 0 Å². The maximum Gasteiger partial charge on any atom is 0.231 e. The molecule has 1 aromatic heterocycles. The second-order valence-electron chi connectivity index (χ2n) is 6.71. The Labute approximate surface area is 168 Å². The minimum atomic E-state index is -0.171. The Hall–Kier alpha value is -3.72. The zero-order valence-corrected chi connectivity index (χ0v) is 16.5. The van der Waals surface area contributed by atoms with Gasteiger partial charge < -0.3 is 18.8 Å². The highest BCUT2D eigenvalue weighted by Crippen LogP contribution is 2.40. The van der Waals surface area contributed by atoms with Gasteiger partial charge in [0, 0.05) is 34.8 Å². The van der Waals surface area contributed by atoms with E-state index in [4.69, 9.17) is 19.5 Å². The minimum absolute atomic E-state index is 0.0609. The Kier molecular flexibility index (Phi) is 4.73. The molecule has 1 aliphatic heterocycles. The molecule has 29 heavy (non-hydrogen) atoms. The van der Waals surface area contributed by atoms with Crippen molar-refractivity contribution in [3.63, 3.8) is 0 Å². The van der Waals surface area contributed by atoms with Crippen LogP contribution in [0.2, 0.25) is 0 Å². The van der Waals surface area contributed by atoms with Crippen LogP contribution in [0.4, 0.5) is 0 Å². The number of ether oxygens (including phenoxy) is 3. The molecule has 0 bridgehead atoms. The fourth-order valence-electron chi connectivity index (χ4n) is 3.58. The number of nitriles is 1. The lowest BCUT2D eigenvalue weighted by Crippen LogP contribution is -1.98. The minimum Gasteiger partial charge on any atom is -0.497 e. The number of rotatable bonds is 5. The number of aryl methyl sites for hydroxylation is 1. The highest BCUT2D eigenvalue weighted by molar-refractivity contribution is 6.15. The van der Waals surface area contributed by atoms with Gasteiger partial charge >= 0.3 is 0 Å². The predicted octanol–water partition coefficient (Wildman–Crippen LogP) is 4.50. The maximum absolute atomic E-state index is 12.9. The second kappa shape index (κ2) is 7.36. The number of aromatic nitrogens is 1. The number of allylic oxidation sites excluding steroid dienone is 1. The van der Waals surface area contributed by atoms with Gasteiger partial charge in [-0.2, -0.15) is 5.26 Å². The quantitative estimate of drug-likeness (QED) is 0.602. The molecule has 0 saturated heterocycles. The molecule has 0 spiro atoms. The first-order chi connectivity index (χ1) is 14.1. The summed E-state index contributed by atoms with van der Waals surface area (Å²) in [6.45, 7) is 4.63. The van der Waals surface area contributed by atoms with Crippen molar-refractivity contribution in [3.05, 3.63) is 59.0 Å². The van der Waals surface area contributed by atoms with E-state index in [1.807, 2.05) is 37.4 Å². The Morgan fingerprint density at radius 1 is 1.28 bits per heavy atom. The molecule has 146 valence electrons. The number of methoxy groups -OCH3 is 1. The van der Waals surface area contributed by atoms with Gasteiger partial charge in [0.1, 0.15) is 23.3 Å². The van der Waals surface area contributed by atoms with E-state index in [2.05, 4.69) is 11.5 Å². The summed E-state index contributed by atoms with van der Waals surface area (Å²) >= 11 is 0. The van der Waals surface area contributed by atoms with Crippen LogP contribution in [0.1, 0.15) is 28.4 Å². The number of Topliss-reactive ketones (excluding diaryl/α,β-unsaturated/α-hetero) is 1. The molecule has 2 heterocycles. The molecule has 0 amide bonds. The first kappa shape index (κ1) is 18.6. The molecule has 3 aromatic rings. The number of benzene rings is 2. The summed E-state index contributed by atoms with van der Waals surface area (Å²) in [4.78, 5) is 12.9. The SMILES string of the molecule is CCn1cc(/C=C2\Oc3c(ccc(OCC#N)c3C)C2=O)c2cc(OC)ccc21. The van der Waals surface area contributed by atoms with E-state index in [1.165, 1.54) is 0 Å². The van der Waals surface area contributed by atoms with Crippen LogP contribution in [0, 0.1) is 18.3 Å². The van der Waals surface area contributed by atoms with E-state index in [9.17, 15) is 4.79 Å². The van der Waals surface area contributed by atoms with Crippen molar-refractivity contribution in [2.45, 2.75) is 20.4 Å². The summed E-state index contributed by atoms with van der Waals surface area (Å²) in [5.74, 6) is 1.86. The number of carbonyl (C=O) groups excluding carboxylic acids is 1. The van der Waals surface area contributed by atoms with Crippen molar-refractivity contribution >= 4 is 22.8 Å². The fourth-order valence-corrected chi connectivity index (χ4v) is 3.58. The normalized spacial score (nSPS) is 14.0. The monoisotopic (exact) mass is 388 g/mol. The maximum atomic E-state index is 12.9. The molecule has 2 aromatic carbocycles. The van der Waals surface area contributed by atoms with Crippen LogP contribution in [0.5, 0.6) is 17.2 Å². The predicted molar refractivity (Wildman–Crippen MR) is 109 cm³/mol.